The molecule has 33 heavy (non-hydrogen) atoms. The summed E-state index contributed by atoms with van der Waals surface area (Å²) in [5, 5.41) is 14.6. The van der Waals surface area contributed by atoms with E-state index in [-0.39, 0.29) is 16.6 Å². The Morgan fingerprint density at radius 2 is 1.82 bits per heavy atom. The van der Waals surface area contributed by atoms with Crippen LogP contribution in [0.1, 0.15) is 25.0 Å². The zero-order valence-corrected chi connectivity index (χ0v) is 20.6. The first kappa shape index (κ1) is 25.6. The van der Waals surface area contributed by atoms with E-state index >= 15 is 0 Å². The van der Waals surface area contributed by atoms with Crippen LogP contribution in [0.15, 0.2) is 46.8 Å². The summed E-state index contributed by atoms with van der Waals surface area (Å²) in [6.45, 7) is 3.62. The molecule has 1 atom stereocenters. The van der Waals surface area contributed by atoms with Gasteiger partial charge in [0.15, 0.2) is 4.34 Å². The number of hydrogen-bond acceptors (Lipinski definition) is 6. The Kier molecular flexibility index (Phi) is 8.49. The Labute approximate surface area is 207 Å². The molecule has 12 heteroatoms. The van der Waals surface area contributed by atoms with Crippen molar-refractivity contribution in [3.05, 3.63) is 63.6 Å². The number of carbonyl (C=O) groups excluding carboxylic acids is 1. The van der Waals surface area contributed by atoms with Crippen LogP contribution in [0.5, 0.6) is 0 Å². The average molecular weight is 535 g/mol. The van der Waals surface area contributed by atoms with E-state index in [0.717, 1.165) is 17.7 Å². The Balaban J connectivity index is 1.63. The summed E-state index contributed by atoms with van der Waals surface area (Å²) >= 11 is 14.6. The summed E-state index contributed by atoms with van der Waals surface area (Å²) in [6, 6.07) is 9.66. The SMILES string of the molecule is CC(C)[C@@H](Nc1ccc(C(F)(F)F)cc1Cl)C(=O)Nc1nnc(SCc2ccc(Cl)cc2)s1. The number of nitrogens with zero attached hydrogens (tertiary/aromatic N) is 2. The maximum Gasteiger partial charge on any atom is 0.416 e. The molecule has 1 heterocycles. The van der Waals surface area contributed by atoms with E-state index in [9.17, 15) is 18.0 Å². The Morgan fingerprint density at radius 3 is 2.42 bits per heavy atom. The van der Waals surface area contributed by atoms with Crippen LogP contribution >= 0.6 is 46.3 Å². The zero-order chi connectivity index (χ0) is 24.2. The molecule has 2 N–H and O–H groups in total. The van der Waals surface area contributed by atoms with Gasteiger partial charge in [0.05, 0.1) is 16.3 Å². The molecule has 3 aromatic rings. The molecule has 0 aliphatic carbocycles. The third kappa shape index (κ3) is 7.23. The van der Waals surface area contributed by atoms with Crippen LogP contribution in [0.2, 0.25) is 10.0 Å². The largest absolute Gasteiger partial charge is 0.416 e. The van der Waals surface area contributed by atoms with Gasteiger partial charge in [-0.3, -0.25) is 10.1 Å². The number of rotatable bonds is 8. The fourth-order valence-corrected chi connectivity index (χ4v) is 4.81. The van der Waals surface area contributed by atoms with Crippen molar-refractivity contribution in [2.75, 3.05) is 10.6 Å². The monoisotopic (exact) mass is 534 g/mol. The summed E-state index contributed by atoms with van der Waals surface area (Å²) in [6.07, 6.45) is -4.50. The highest BCUT2D eigenvalue weighted by Crippen LogP contribution is 2.34. The van der Waals surface area contributed by atoms with Crippen LogP contribution < -0.4 is 10.6 Å². The number of hydrogen-bond donors (Lipinski definition) is 2. The van der Waals surface area contributed by atoms with Crippen LogP contribution in [0.4, 0.5) is 24.0 Å². The summed E-state index contributed by atoms with van der Waals surface area (Å²) in [5.74, 6) is 0.0870. The molecule has 176 valence electrons. The van der Waals surface area contributed by atoms with Gasteiger partial charge in [0.2, 0.25) is 11.0 Å². The number of carbonyl (C=O) groups is 1. The van der Waals surface area contributed by atoms with Gasteiger partial charge in [0.25, 0.3) is 0 Å². The van der Waals surface area contributed by atoms with Crippen molar-refractivity contribution < 1.29 is 18.0 Å². The fraction of sp³-hybridized carbons (Fsp3) is 0.286. The van der Waals surface area contributed by atoms with Gasteiger partial charge in [-0.1, -0.05) is 72.3 Å². The third-order valence-corrected chi connectivity index (χ3v) is 7.08. The second-order valence-electron chi connectivity index (χ2n) is 7.34. The van der Waals surface area contributed by atoms with Gasteiger partial charge in [-0.2, -0.15) is 13.2 Å². The Morgan fingerprint density at radius 1 is 1.12 bits per heavy atom. The minimum absolute atomic E-state index is 0.125. The minimum atomic E-state index is -4.50. The Bertz CT molecular complexity index is 1110. The van der Waals surface area contributed by atoms with Crippen LogP contribution in [0, 0.1) is 5.92 Å². The van der Waals surface area contributed by atoms with Crippen molar-refractivity contribution in [3.63, 3.8) is 0 Å². The molecule has 5 nitrogen and oxygen atoms in total. The lowest BCUT2D eigenvalue weighted by Crippen LogP contribution is -2.39. The average Bonchev–Trinajstić information content (AvgIpc) is 3.18. The number of aromatic nitrogens is 2. The first-order chi connectivity index (χ1) is 15.5. The summed E-state index contributed by atoms with van der Waals surface area (Å²) in [5.41, 5.74) is 0.443. The number of anilines is 2. The molecule has 0 aliphatic heterocycles. The molecule has 0 saturated carbocycles. The molecule has 0 bridgehead atoms. The van der Waals surface area contributed by atoms with Gasteiger partial charge in [-0.25, -0.2) is 0 Å². The number of amides is 1. The smallest absolute Gasteiger partial charge is 0.372 e. The predicted octanol–water partition coefficient (Wildman–Crippen LogP) is 7.23. The second kappa shape index (κ2) is 10.9. The molecule has 3 rings (SSSR count). The van der Waals surface area contributed by atoms with E-state index in [1.54, 1.807) is 0 Å². The normalized spacial score (nSPS) is 12.6. The molecular formula is C21H19Cl2F3N4OS2. The van der Waals surface area contributed by atoms with Crippen LogP contribution in [-0.4, -0.2) is 22.1 Å². The molecule has 1 amide bonds. The highest BCUT2D eigenvalue weighted by molar-refractivity contribution is 8.00. The lowest BCUT2D eigenvalue weighted by molar-refractivity contribution is -0.137. The number of thioether (sulfide) groups is 1. The number of nitrogens with one attached hydrogen (secondary N) is 2. The number of benzene rings is 2. The molecule has 0 aliphatic rings. The minimum Gasteiger partial charge on any atom is -0.372 e. The highest BCUT2D eigenvalue weighted by Gasteiger charge is 2.31. The molecular weight excluding hydrogens is 516 g/mol. The zero-order valence-electron chi connectivity index (χ0n) is 17.4. The highest BCUT2D eigenvalue weighted by atomic mass is 35.5. The summed E-state index contributed by atoms with van der Waals surface area (Å²) in [4.78, 5) is 12.8. The second-order valence-corrected chi connectivity index (χ2v) is 10.4. The topological polar surface area (TPSA) is 66.9 Å². The fourth-order valence-electron chi connectivity index (χ4n) is 2.74. The van der Waals surface area contributed by atoms with Crippen molar-refractivity contribution in [1.29, 1.82) is 0 Å². The van der Waals surface area contributed by atoms with Crippen molar-refractivity contribution in [3.8, 4) is 0 Å². The molecule has 0 saturated heterocycles. The lowest BCUT2D eigenvalue weighted by Gasteiger charge is -2.23. The van der Waals surface area contributed by atoms with Crippen LogP contribution in [-0.2, 0) is 16.7 Å². The molecule has 0 unspecified atom stereocenters. The summed E-state index contributed by atoms with van der Waals surface area (Å²) in [7, 11) is 0. The van der Waals surface area contributed by atoms with Gasteiger partial charge in [-0.15, -0.1) is 10.2 Å². The van der Waals surface area contributed by atoms with E-state index < -0.39 is 23.7 Å². The van der Waals surface area contributed by atoms with Gasteiger partial charge >= 0.3 is 6.18 Å². The standard InChI is InChI=1S/C21H19Cl2F3N4OS2/c1-11(2)17(27-16-8-5-13(9-15(16)23)21(24,25)26)18(31)28-19-29-30-20(33-19)32-10-12-3-6-14(22)7-4-12/h3-9,11,17,27H,10H2,1-2H3,(H,28,29,31)/t17-/m1/s1. The van der Waals surface area contributed by atoms with E-state index in [2.05, 4.69) is 20.8 Å². The van der Waals surface area contributed by atoms with E-state index in [1.165, 1.54) is 29.2 Å². The van der Waals surface area contributed by atoms with Crippen molar-refractivity contribution in [2.45, 2.75) is 36.2 Å². The number of halogens is 5. The third-order valence-electron chi connectivity index (χ3n) is 4.47. The van der Waals surface area contributed by atoms with E-state index in [4.69, 9.17) is 23.2 Å². The van der Waals surface area contributed by atoms with Gasteiger partial charge in [0, 0.05) is 10.8 Å². The number of alkyl halides is 3. The summed E-state index contributed by atoms with van der Waals surface area (Å²) < 4.78 is 39.3. The quantitative estimate of drug-likeness (QED) is 0.235. The van der Waals surface area contributed by atoms with Gasteiger partial charge in [-0.05, 0) is 41.8 Å². The van der Waals surface area contributed by atoms with Gasteiger partial charge in [0.1, 0.15) is 6.04 Å². The van der Waals surface area contributed by atoms with Crippen LogP contribution in [0.25, 0.3) is 0 Å². The van der Waals surface area contributed by atoms with Crippen molar-refractivity contribution in [2.24, 2.45) is 5.92 Å². The molecule has 0 radical (unpaired) electrons. The first-order valence-corrected chi connectivity index (χ1v) is 12.2. The maximum atomic E-state index is 12.9. The van der Waals surface area contributed by atoms with Crippen LogP contribution in [0.3, 0.4) is 0 Å². The van der Waals surface area contributed by atoms with Gasteiger partial charge < -0.3 is 5.32 Å². The Hall–Kier alpha value is -2.01. The maximum absolute atomic E-state index is 12.9. The molecule has 0 spiro atoms. The lowest BCUT2D eigenvalue weighted by atomic mass is 10.0. The van der Waals surface area contributed by atoms with Crippen molar-refractivity contribution in [1.82, 2.24) is 10.2 Å². The van der Waals surface area contributed by atoms with E-state index in [1.807, 2.05) is 38.1 Å². The first-order valence-electron chi connectivity index (χ1n) is 9.68. The van der Waals surface area contributed by atoms with Crippen molar-refractivity contribution >= 4 is 63.0 Å². The van der Waals surface area contributed by atoms with E-state index in [0.29, 0.717) is 20.2 Å². The molecule has 2 aromatic carbocycles. The predicted molar refractivity (Wildman–Crippen MR) is 128 cm³/mol. The molecule has 0 fully saturated rings. The molecule has 1 aromatic heterocycles.